The molecule has 20 heavy (non-hydrogen) atoms. The number of imidazole rings is 1. The molecule has 3 nitrogen and oxygen atoms in total. The van der Waals surface area contributed by atoms with Crippen LogP contribution in [-0.4, -0.2) is 9.55 Å². The van der Waals surface area contributed by atoms with E-state index in [0.717, 1.165) is 11.6 Å². The Kier molecular flexibility index (Phi) is 2.87. The van der Waals surface area contributed by atoms with E-state index in [1.54, 1.807) is 18.2 Å². The molecule has 6 heteroatoms. The lowest BCUT2D eigenvalue weighted by molar-refractivity contribution is 0.590. The summed E-state index contributed by atoms with van der Waals surface area (Å²) in [6, 6.07) is 7.22. The number of anilines is 1. The molecule has 0 aliphatic carbocycles. The van der Waals surface area contributed by atoms with Crippen LogP contribution in [0.25, 0.3) is 16.7 Å². The number of nitrogens with two attached hydrogens (primary N) is 1. The van der Waals surface area contributed by atoms with E-state index >= 15 is 0 Å². The Balaban J connectivity index is 2.35. The minimum absolute atomic E-state index is 0.0283. The second-order valence-corrected chi connectivity index (χ2v) is 4.90. The van der Waals surface area contributed by atoms with E-state index < -0.39 is 11.6 Å². The third-order valence-electron chi connectivity index (χ3n) is 3.12. The van der Waals surface area contributed by atoms with Crippen molar-refractivity contribution in [3.8, 4) is 5.69 Å². The Morgan fingerprint density at radius 1 is 1.20 bits per heavy atom. The molecule has 0 bridgehead atoms. The summed E-state index contributed by atoms with van der Waals surface area (Å²) in [6.45, 7) is 1.86. The highest BCUT2D eigenvalue weighted by atomic mass is 35.5. The fourth-order valence-electron chi connectivity index (χ4n) is 2.11. The van der Waals surface area contributed by atoms with Crippen LogP contribution in [-0.2, 0) is 0 Å². The van der Waals surface area contributed by atoms with E-state index in [0.29, 0.717) is 10.7 Å². The summed E-state index contributed by atoms with van der Waals surface area (Å²) in [7, 11) is 0. The molecule has 102 valence electrons. The van der Waals surface area contributed by atoms with Crippen molar-refractivity contribution in [2.75, 3.05) is 5.73 Å². The molecule has 0 saturated heterocycles. The first-order valence-corrected chi connectivity index (χ1v) is 6.24. The summed E-state index contributed by atoms with van der Waals surface area (Å²) in [5.74, 6) is -1.36. The van der Waals surface area contributed by atoms with Crippen LogP contribution in [0.2, 0.25) is 5.02 Å². The zero-order chi connectivity index (χ0) is 14.4. The quantitative estimate of drug-likeness (QED) is 0.740. The molecule has 2 aromatic carbocycles. The topological polar surface area (TPSA) is 43.8 Å². The number of benzene rings is 2. The molecule has 0 atom stereocenters. The van der Waals surface area contributed by atoms with Crippen molar-refractivity contribution in [3.05, 3.63) is 52.6 Å². The van der Waals surface area contributed by atoms with Gasteiger partial charge in [0, 0.05) is 17.2 Å². The lowest BCUT2D eigenvalue weighted by Crippen LogP contribution is -2.01. The second-order valence-electron chi connectivity index (χ2n) is 4.49. The van der Waals surface area contributed by atoms with Gasteiger partial charge in [-0.25, -0.2) is 13.8 Å². The van der Waals surface area contributed by atoms with Gasteiger partial charge in [-0.15, -0.1) is 0 Å². The molecule has 3 rings (SSSR count). The minimum Gasteiger partial charge on any atom is -0.369 e. The molecule has 3 aromatic rings. The fraction of sp³-hybridized carbons (Fsp3) is 0.0714. The average molecular weight is 294 g/mol. The summed E-state index contributed by atoms with van der Waals surface area (Å²) in [4.78, 5) is 3.94. The summed E-state index contributed by atoms with van der Waals surface area (Å²) in [5.41, 5.74) is 7.61. The molecule has 0 aliphatic rings. The first kappa shape index (κ1) is 12.9. The lowest BCUT2D eigenvalue weighted by Gasteiger charge is -2.08. The van der Waals surface area contributed by atoms with E-state index in [9.17, 15) is 8.78 Å². The number of nitrogen functional groups attached to an aromatic ring is 1. The van der Waals surface area contributed by atoms with Crippen LogP contribution in [0.4, 0.5) is 14.7 Å². The van der Waals surface area contributed by atoms with Crippen LogP contribution < -0.4 is 5.73 Å². The predicted molar refractivity (Wildman–Crippen MR) is 75.1 cm³/mol. The van der Waals surface area contributed by atoms with Crippen molar-refractivity contribution < 1.29 is 8.78 Å². The molecule has 0 fully saturated rings. The number of rotatable bonds is 1. The lowest BCUT2D eigenvalue weighted by atomic mass is 10.2. The summed E-state index contributed by atoms with van der Waals surface area (Å²) in [5, 5.41) is 0.542. The van der Waals surface area contributed by atoms with Gasteiger partial charge in [0.2, 0.25) is 5.95 Å². The number of hydrogen-bond acceptors (Lipinski definition) is 2. The van der Waals surface area contributed by atoms with Gasteiger partial charge in [-0.05, 0) is 24.6 Å². The fourth-order valence-corrected chi connectivity index (χ4v) is 2.29. The van der Waals surface area contributed by atoms with Crippen LogP contribution >= 0.6 is 11.6 Å². The monoisotopic (exact) mass is 293 g/mol. The van der Waals surface area contributed by atoms with Crippen molar-refractivity contribution >= 4 is 28.6 Å². The number of halogens is 3. The average Bonchev–Trinajstić information content (AvgIpc) is 2.70. The molecule has 1 aromatic heterocycles. The zero-order valence-corrected chi connectivity index (χ0v) is 11.2. The van der Waals surface area contributed by atoms with Crippen LogP contribution in [0, 0.1) is 18.6 Å². The van der Waals surface area contributed by atoms with Crippen LogP contribution in [0.5, 0.6) is 0 Å². The zero-order valence-electron chi connectivity index (χ0n) is 10.5. The van der Waals surface area contributed by atoms with Gasteiger partial charge in [-0.3, -0.25) is 4.57 Å². The van der Waals surface area contributed by atoms with Crippen molar-refractivity contribution in [2.24, 2.45) is 0 Å². The Bertz CT molecular complexity index is 827. The maximum absolute atomic E-state index is 13.7. The van der Waals surface area contributed by atoms with Crippen molar-refractivity contribution in [2.45, 2.75) is 6.92 Å². The molecule has 0 spiro atoms. The Hall–Kier alpha value is -2.14. The van der Waals surface area contributed by atoms with Crippen LogP contribution in [0.3, 0.4) is 0 Å². The molecular formula is C14H10ClF2N3. The van der Waals surface area contributed by atoms with Gasteiger partial charge < -0.3 is 5.73 Å². The van der Waals surface area contributed by atoms with Crippen molar-refractivity contribution in [3.63, 3.8) is 0 Å². The smallest absolute Gasteiger partial charge is 0.206 e. The highest BCUT2D eigenvalue weighted by molar-refractivity contribution is 6.31. The van der Waals surface area contributed by atoms with E-state index in [2.05, 4.69) is 4.98 Å². The number of hydrogen-bond donors (Lipinski definition) is 1. The van der Waals surface area contributed by atoms with E-state index in [-0.39, 0.29) is 17.0 Å². The second kappa shape index (κ2) is 4.45. The largest absolute Gasteiger partial charge is 0.369 e. The number of fused-ring (bicyclic) bond motifs is 1. The third kappa shape index (κ3) is 1.91. The van der Waals surface area contributed by atoms with Gasteiger partial charge in [0.1, 0.15) is 11.3 Å². The van der Waals surface area contributed by atoms with Gasteiger partial charge in [0.15, 0.2) is 5.82 Å². The maximum Gasteiger partial charge on any atom is 0.206 e. The van der Waals surface area contributed by atoms with Crippen molar-refractivity contribution in [1.82, 2.24) is 9.55 Å². The van der Waals surface area contributed by atoms with Gasteiger partial charge >= 0.3 is 0 Å². The first-order valence-electron chi connectivity index (χ1n) is 5.87. The van der Waals surface area contributed by atoms with Gasteiger partial charge in [-0.1, -0.05) is 17.7 Å². The maximum atomic E-state index is 13.7. The van der Waals surface area contributed by atoms with Crippen LogP contribution in [0.1, 0.15) is 5.56 Å². The first-order chi connectivity index (χ1) is 9.47. The number of aryl methyl sites for hydroxylation is 1. The van der Waals surface area contributed by atoms with E-state index in [1.807, 2.05) is 6.92 Å². The van der Waals surface area contributed by atoms with E-state index in [1.165, 1.54) is 10.6 Å². The normalized spacial score (nSPS) is 11.2. The third-order valence-corrected chi connectivity index (χ3v) is 3.53. The van der Waals surface area contributed by atoms with Gasteiger partial charge in [0.05, 0.1) is 11.2 Å². The number of nitrogens with zero attached hydrogens (tertiary/aromatic N) is 2. The summed E-state index contributed by atoms with van der Waals surface area (Å²) in [6.07, 6.45) is 0. The Morgan fingerprint density at radius 2 is 1.95 bits per heavy atom. The Labute approximate surface area is 118 Å². The molecule has 0 radical (unpaired) electrons. The number of aromatic nitrogens is 2. The SMILES string of the molecule is Cc1ccc(-n2c(N)nc3c(F)cc(F)cc32)cc1Cl. The molecule has 1 heterocycles. The van der Waals surface area contributed by atoms with Gasteiger partial charge in [0.25, 0.3) is 0 Å². The van der Waals surface area contributed by atoms with E-state index in [4.69, 9.17) is 17.3 Å². The van der Waals surface area contributed by atoms with Crippen molar-refractivity contribution in [1.29, 1.82) is 0 Å². The minimum atomic E-state index is -0.747. The molecule has 2 N–H and O–H groups in total. The highest BCUT2D eigenvalue weighted by Gasteiger charge is 2.15. The molecule has 0 amide bonds. The van der Waals surface area contributed by atoms with Gasteiger partial charge in [-0.2, -0.15) is 0 Å². The molecule has 0 saturated carbocycles. The predicted octanol–water partition coefficient (Wildman–Crippen LogP) is 3.85. The Morgan fingerprint density at radius 3 is 2.65 bits per heavy atom. The standard InChI is InChI=1S/C14H10ClF2N3/c1-7-2-3-9(6-10(7)15)20-12-5-8(16)4-11(17)13(12)19-14(20)18/h2-6H,1H3,(H2,18,19). The molecule has 0 aliphatic heterocycles. The highest BCUT2D eigenvalue weighted by Crippen LogP contribution is 2.28. The molecular weight excluding hydrogens is 284 g/mol. The molecule has 0 unspecified atom stereocenters. The summed E-state index contributed by atoms with van der Waals surface area (Å²) < 4.78 is 28.6. The summed E-state index contributed by atoms with van der Waals surface area (Å²) >= 11 is 6.07. The van der Waals surface area contributed by atoms with Crippen LogP contribution in [0.15, 0.2) is 30.3 Å².